The zero-order chi connectivity index (χ0) is 11.4. The topological polar surface area (TPSA) is 12.5 Å². The lowest BCUT2D eigenvalue weighted by molar-refractivity contribution is 0.0391. The van der Waals surface area contributed by atoms with Crippen molar-refractivity contribution in [3.63, 3.8) is 0 Å². The van der Waals surface area contributed by atoms with Gasteiger partial charge in [-0.15, -0.1) is 0 Å². The molecule has 0 amide bonds. The number of likely N-dealkylation sites (tertiary alicyclic amines) is 1. The van der Waals surface area contributed by atoms with Crippen molar-refractivity contribution in [3.05, 3.63) is 0 Å². The summed E-state index contributed by atoms with van der Waals surface area (Å²) in [5.74, 6) is 2.44. The molecule has 16 heavy (non-hydrogen) atoms. The van der Waals surface area contributed by atoms with Crippen LogP contribution < -0.4 is 0 Å². The maximum atomic E-state index is 6.12. The molecule has 5 unspecified atom stereocenters. The molecule has 0 N–H and O–H groups in total. The molecule has 92 valence electrons. The number of fused-ring (bicyclic) bond motifs is 5. The SMILES string of the molecule is CC(C)C1C2C3CCC(O3)C2CN1C(C)C. The molecule has 5 atom stereocenters. The third-order valence-corrected chi connectivity index (χ3v) is 5.03. The molecule has 3 aliphatic rings. The lowest BCUT2D eigenvalue weighted by atomic mass is 9.76. The molecule has 3 heterocycles. The van der Waals surface area contributed by atoms with Crippen molar-refractivity contribution >= 4 is 0 Å². The Hall–Kier alpha value is -0.0800. The van der Waals surface area contributed by atoms with E-state index < -0.39 is 0 Å². The van der Waals surface area contributed by atoms with Crippen LogP contribution in [-0.4, -0.2) is 35.7 Å². The van der Waals surface area contributed by atoms with E-state index >= 15 is 0 Å². The lowest BCUT2D eigenvalue weighted by Crippen LogP contribution is -2.43. The summed E-state index contributed by atoms with van der Waals surface area (Å²) in [5, 5.41) is 0. The monoisotopic (exact) mass is 223 g/mol. The van der Waals surface area contributed by atoms with Gasteiger partial charge in [0.25, 0.3) is 0 Å². The average Bonchev–Trinajstić information content (AvgIpc) is 2.87. The van der Waals surface area contributed by atoms with E-state index in [1.54, 1.807) is 0 Å². The quantitative estimate of drug-likeness (QED) is 0.713. The largest absolute Gasteiger partial charge is 0.374 e. The second-order valence-corrected chi connectivity index (χ2v) is 6.56. The summed E-state index contributed by atoms with van der Waals surface area (Å²) >= 11 is 0. The lowest BCUT2D eigenvalue weighted by Gasteiger charge is -2.35. The highest BCUT2D eigenvalue weighted by molar-refractivity contribution is 5.08. The van der Waals surface area contributed by atoms with Gasteiger partial charge >= 0.3 is 0 Å². The van der Waals surface area contributed by atoms with E-state index in [4.69, 9.17) is 4.74 Å². The summed E-state index contributed by atoms with van der Waals surface area (Å²) in [4.78, 5) is 2.74. The van der Waals surface area contributed by atoms with Crippen molar-refractivity contribution in [1.82, 2.24) is 4.90 Å². The van der Waals surface area contributed by atoms with Crippen molar-refractivity contribution < 1.29 is 4.74 Å². The highest BCUT2D eigenvalue weighted by Gasteiger charge is 2.58. The van der Waals surface area contributed by atoms with Gasteiger partial charge in [0.05, 0.1) is 12.2 Å². The summed E-state index contributed by atoms with van der Waals surface area (Å²) in [6.45, 7) is 10.7. The van der Waals surface area contributed by atoms with Crippen LogP contribution >= 0.6 is 0 Å². The fraction of sp³-hybridized carbons (Fsp3) is 1.00. The van der Waals surface area contributed by atoms with Gasteiger partial charge in [-0.05, 0) is 32.6 Å². The van der Waals surface area contributed by atoms with Gasteiger partial charge in [0, 0.05) is 30.5 Å². The smallest absolute Gasteiger partial charge is 0.0627 e. The van der Waals surface area contributed by atoms with Crippen molar-refractivity contribution in [1.29, 1.82) is 0 Å². The summed E-state index contributed by atoms with van der Waals surface area (Å²) in [7, 11) is 0. The molecule has 2 bridgehead atoms. The molecule has 3 rings (SSSR count). The van der Waals surface area contributed by atoms with Crippen LogP contribution in [0.3, 0.4) is 0 Å². The molecule has 0 saturated carbocycles. The predicted molar refractivity (Wildman–Crippen MR) is 65.3 cm³/mol. The molecule has 3 saturated heterocycles. The molecule has 0 aromatic rings. The number of hydrogen-bond acceptors (Lipinski definition) is 2. The third-order valence-electron chi connectivity index (χ3n) is 5.03. The Morgan fingerprint density at radius 1 is 1.06 bits per heavy atom. The number of nitrogens with zero attached hydrogens (tertiary/aromatic N) is 1. The Bertz CT molecular complexity index is 276. The minimum absolute atomic E-state index is 0.589. The molecule has 0 spiro atoms. The van der Waals surface area contributed by atoms with Crippen LogP contribution in [0, 0.1) is 17.8 Å². The molecular formula is C14H25NO. The molecular weight excluding hydrogens is 198 g/mol. The highest BCUT2D eigenvalue weighted by Crippen LogP contribution is 2.51. The molecule has 0 aromatic heterocycles. The van der Waals surface area contributed by atoms with Gasteiger partial charge in [-0.3, -0.25) is 4.90 Å². The fourth-order valence-corrected chi connectivity index (χ4v) is 4.49. The van der Waals surface area contributed by atoms with Gasteiger partial charge < -0.3 is 4.74 Å². The zero-order valence-corrected chi connectivity index (χ0v) is 11.0. The second-order valence-electron chi connectivity index (χ2n) is 6.56. The normalized spacial score (nSPS) is 47.2. The van der Waals surface area contributed by atoms with Crippen LogP contribution in [0.2, 0.25) is 0 Å². The van der Waals surface area contributed by atoms with E-state index in [-0.39, 0.29) is 0 Å². The van der Waals surface area contributed by atoms with E-state index in [1.165, 1.54) is 19.4 Å². The van der Waals surface area contributed by atoms with Crippen LogP contribution in [0.5, 0.6) is 0 Å². The fourth-order valence-electron chi connectivity index (χ4n) is 4.49. The molecule has 3 aliphatic heterocycles. The van der Waals surface area contributed by atoms with Crippen LogP contribution in [0.1, 0.15) is 40.5 Å². The Morgan fingerprint density at radius 3 is 2.38 bits per heavy atom. The number of ether oxygens (including phenoxy) is 1. The van der Waals surface area contributed by atoms with Crippen LogP contribution in [0.15, 0.2) is 0 Å². The summed E-state index contributed by atoms with van der Waals surface area (Å²) in [5.41, 5.74) is 0. The summed E-state index contributed by atoms with van der Waals surface area (Å²) < 4.78 is 6.12. The Morgan fingerprint density at radius 2 is 1.75 bits per heavy atom. The van der Waals surface area contributed by atoms with Crippen molar-refractivity contribution in [2.45, 2.75) is 64.8 Å². The van der Waals surface area contributed by atoms with E-state index in [0.717, 1.165) is 23.8 Å². The van der Waals surface area contributed by atoms with E-state index in [1.807, 2.05) is 0 Å². The zero-order valence-electron chi connectivity index (χ0n) is 11.0. The average molecular weight is 223 g/mol. The molecule has 2 heteroatoms. The molecule has 3 fully saturated rings. The van der Waals surface area contributed by atoms with Crippen LogP contribution in [0.4, 0.5) is 0 Å². The first-order chi connectivity index (χ1) is 7.59. The van der Waals surface area contributed by atoms with E-state index in [9.17, 15) is 0 Å². The molecule has 0 aromatic carbocycles. The molecule has 0 radical (unpaired) electrons. The van der Waals surface area contributed by atoms with Gasteiger partial charge in [0.15, 0.2) is 0 Å². The maximum Gasteiger partial charge on any atom is 0.0627 e. The first kappa shape index (κ1) is 11.0. The van der Waals surface area contributed by atoms with Crippen LogP contribution in [-0.2, 0) is 4.74 Å². The minimum Gasteiger partial charge on any atom is -0.374 e. The van der Waals surface area contributed by atoms with Gasteiger partial charge in [-0.1, -0.05) is 13.8 Å². The Balaban J connectivity index is 1.87. The summed E-state index contributed by atoms with van der Waals surface area (Å²) in [6.07, 6.45) is 3.83. The van der Waals surface area contributed by atoms with E-state index in [2.05, 4.69) is 32.6 Å². The second kappa shape index (κ2) is 3.71. The Kier molecular flexibility index (Phi) is 2.56. The van der Waals surface area contributed by atoms with Crippen molar-refractivity contribution in [2.75, 3.05) is 6.54 Å². The highest BCUT2D eigenvalue weighted by atomic mass is 16.5. The third kappa shape index (κ3) is 1.39. The Labute approximate surface area is 99.3 Å². The van der Waals surface area contributed by atoms with Crippen LogP contribution in [0.25, 0.3) is 0 Å². The number of rotatable bonds is 2. The van der Waals surface area contributed by atoms with Crippen molar-refractivity contribution in [2.24, 2.45) is 17.8 Å². The minimum atomic E-state index is 0.589. The molecule has 0 aliphatic carbocycles. The predicted octanol–water partition coefficient (Wildman–Crippen LogP) is 2.53. The van der Waals surface area contributed by atoms with Gasteiger partial charge in [-0.25, -0.2) is 0 Å². The first-order valence-electron chi connectivity index (χ1n) is 7.00. The van der Waals surface area contributed by atoms with Crippen molar-refractivity contribution in [3.8, 4) is 0 Å². The number of hydrogen-bond donors (Lipinski definition) is 0. The first-order valence-corrected chi connectivity index (χ1v) is 7.00. The van der Waals surface area contributed by atoms with Gasteiger partial charge in [0.2, 0.25) is 0 Å². The van der Waals surface area contributed by atoms with Gasteiger partial charge in [0.1, 0.15) is 0 Å². The summed E-state index contributed by atoms with van der Waals surface area (Å²) in [6, 6.07) is 1.46. The molecule has 2 nitrogen and oxygen atoms in total. The standard InChI is InChI=1S/C14H25NO/c1-8(2)14-13-10(7-15(14)9(3)4)11-5-6-12(13)16-11/h8-14H,5-7H2,1-4H3. The van der Waals surface area contributed by atoms with E-state index in [0.29, 0.717) is 18.2 Å². The van der Waals surface area contributed by atoms with Gasteiger partial charge in [-0.2, -0.15) is 0 Å². The maximum absolute atomic E-state index is 6.12.